The van der Waals surface area contributed by atoms with Crippen LogP contribution in [0.25, 0.3) is 0 Å². The summed E-state index contributed by atoms with van der Waals surface area (Å²) in [5.41, 5.74) is 2.22. The summed E-state index contributed by atoms with van der Waals surface area (Å²) < 4.78 is 0. The van der Waals surface area contributed by atoms with Gasteiger partial charge in [0.15, 0.2) is 0 Å². The summed E-state index contributed by atoms with van der Waals surface area (Å²) in [4.78, 5) is 15.5. The molecule has 0 N–H and O–H groups in total. The van der Waals surface area contributed by atoms with E-state index in [9.17, 15) is 4.79 Å². The van der Waals surface area contributed by atoms with Crippen LogP contribution in [0.15, 0.2) is 29.4 Å². The van der Waals surface area contributed by atoms with Crippen molar-refractivity contribution in [2.24, 2.45) is 5.10 Å². The summed E-state index contributed by atoms with van der Waals surface area (Å²) in [7, 11) is 0. The summed E-state index contributed by atoms with van der Waals surface area (Å²) >= 11 is 2.23. The van der Waals surface area contributed by atoms with Gasteiger partial charge in [0.2, 0.25) is 0 Å². The normalized spacial score (nSPS) is 13.0. The van der Waals surface area contributed by atoms with E-state index in [0.29, 0.717) is 0 Å². The van der Waals surface area contributed by atoms with E-state index in [-0.39, 0.29) is 12.5 Å². The monoisotopic (exact) mass is 265 g/mol. The maximum atomic E-state index is 12.1. The molecule has 0 bridgehead atoms. The average molecular weight is 265 g/mol. The van der Waals surface area contributed by atoms with Gasteiger partial charge in [-0.25, -0.2) is 0 Å². The second-order valence-corrected chi connectivity index (χ2v) is 4.11. The van der Waals surface area contributed by atoms with Crippen LogP contribution in [0.3, 0.4) is 0 Å². The number of benzene rings is 1. The van der Waals surface area contributed by atoms with Crippen LogP contribution in [0.1, 0.15) is 5.56 Å². The number of anilines is 1. The van der Waals surface area contributed by atoms with Crippen molar-refractivity contribution in [2.45, 2.75) is 6.42 Å². The third-order valence-corrected chi connectivity index (χ3v) is 3.18. The Balaban J connectivity index is 2.12. The number of carbonyl (C=O) groups excluding carboxylic acids is 1. The van der Waals surface area contributed by atoms with Crippen LogP contribution in [0.5, 0.6) is 0 Å². The summed E-state index contributed by atoms with van der Waals surface area (Å²) in [5, 5.41) is 4.89. The van der Waals surface area contributed by atoms with E-state index in [1.807, 2.05) is 18.2 Å². The SMILES string of the molecule is [CH-]=NN([CH]=[V])CC(=O)N1CCc2ccccc21. The predicted molar refractivity (Wildman–Crippen MR) is 63.8 cm³/mol. The molecular weight excluding hydrogens is 253 g/mol. The van der Waals surface area contributed by atoms with Crippen molar-refractivity contribution in [3.05, 3.63) is 29.8 Å². The van der Waals surface area contributed by atoms with Crippen molar-refractivity contribution in [1.82, 2.24) is 5.01 Å². The molecule has 1 aliphatic heterocycles. The van der Waals surface area contributed by atoms with E-state index in [4.69, 9.17) is 6.72 Å². The van der Waals surface area contributed by atoms with Crippen molar-refractivity contribution >= 4 is 23.2 Å². The number of rotatable bonds is 4. The number of hydrogen-bond donors (Lipinski definition) is 0. The zero-order valence-electron chi connectivity index (χ0n) is 9.28. The van der Waals surface area contributed by atoms with Crippen molar-refractivity contribution in [3.63, 3.8) is 0 Å². The van der Waals surface area contributed by atoms with Crippen molar-refractivity contribution in [1.29, 1.82) is 0 Å². The molecule has 1 aromatic rings. The van der Waals surface area contributed by atoms with Gasteiger partial charge in [-0.05, 0) is 0 Å². The van der Waals surface area contributed by atoms with Crippen molar-refractivity contribution in [3.8, 4) is 0 Å². The molecule has 1 heterocycles. The van der Waals surface area contributed by atoms with Crippen molar-refractivity contribution in [2.75, 3.05) is 18.0 Å². The van der Waals surface area contributed by atoms with Crippen LogP contribution >= 0.6 is 0 Å². The molecule has 0 spiro atoms. The van der Waals surface area contributed by atoms with Gasteiger partial charge in [0.1, 0.15) is 0 Å². The van der Waals surface area contributed by atoms with Crippen LogP contribution in [-0.4, -0.2) is 35.6 Å². The molecular formula is C12H12N3OV-. The fourth-order valence-electron chi connectivity index (χ4n) is 1.93. The minimum atomic E-state index is 0.00597. The topological polar surface area (TPSA) is 35.9 Å². The Bertz CT molecular complexity index is 453. The van der Waals surface area contributed by atoms with E-state index >= 15 is 0 Å². The van der Waals surface area contributed by atoms with Crippen LogP contribution < -0.4 is 4.90 Å². The van der Waals surface area contributed by atoms with Crippen LogP contribution in [-0.2, 0) is 28.2 Å². The van der Waals surface area contributed by atoms with Gasteiger partial charge in [-0.2, -0.15) is 0 Å². The molecule has 0 saturated heterocycles. The zero-order chi connectivity index (χ0) is 12.3. The molecule has 0 radical (unpaired) electrons. The summed E-state index contributed by atoms with van der Waals surface area (Å²) in [6, 6.07) is 7.95. The first-order valence-electron chi connectivity index (χ1n) is 5.29. The van der Waals surface area contributed by atoms with E-state index in [2.05, 4.69) is 28.1 Å². The predicted octanol–water partition coefficient (Wildman–Crippen LogP) is 0.677. The number of hydrogen-bond acceptors (Lipinski definition) is 3. The fourth-order valence-corrected chi connectivity index (χ4v) is 2.15. The Morgan fingerprint density at radius 3 is 3.06 bits per heavy atom. The van der Waals surface area contributed by atoms with Crippen LogP contribution in [0.4, 0.5) is 5.69 Å². The van der Waals surface area contributed by atoms with E-state index in [0.717, 1.165) is 18.7 Å². The molecule has 1 aliphatic rings. The molecule has 0 saturated carbocycles. The Morgan fingerprint density at radius 2 is 2.35 bits per heavy atom. The Kier molecular flexibility index (Phi) is 3.76. The maximum absolute atomic E-state index is 12.1. The first kappa shape index (κ1) is 12.1. The van der Waals surface area contributed by atoms with Gasteiger partial charge in [-0.1, -0.05) is 0 Å². The number of carbonyl (C=O) groups is 1. The number of para-hydroxylation sites is 1. The van der Waals surface area contributed by atoms with Crippen LogP contribution in [0, 0.1) is 0 Å². The average Bonchev–Trinajstić information content (AvgIpc) is 2.79. The first-order valence-corrected chi connectivity index (χ1v) is 6.10. The molecule has 0 atom stereocenters. The quantitative estimate of drug-likeness (QED) is 0.456. The molecule has 87 valence electrons. The van der Waals surface area contributed by atoms with Gasteiger partial charge in [0.25, 0.3) is 0 Å². The van der Waals surface area contributed by atoms with Crippen LogP contribution in [0.2, 0.25) is 0 Å². The number of amides is 1. The third kappa shape index (κ3) is 2.48. The molecule has 1 amide bonds. The van der Waals surface area contributed by atoms with Gasteiger partial charge < -0.3 is 0 Å². The van der Waals surface area contributed by atoms with Crippen molar-refractivity contribution < 1.29 is 21.8 Å². The third-order valence-electron chi connectivity index (χ3n) is 2.77. The Labute approximate surface area is 109 Å². The fraction of sp³-hybridized carbons (Fsp3) is 0.250. The summed E-state index contributed by atoms with van der Waals surface area (Å²) in [6.45, 7) is 6.06. The molecule has 17 heavy (non-hydrogen) atoms. The molecule has 2 rings (SSSR count). The molecule has 4 nitrogen and oxygen atoms in total. The number of hydrazone groups is 1. The standard InChI is InChI=1S/C12H12N3O.V/c1-13-14(2)9-12(16)15-8-7-10-5-3-4-6-11(10)15;/h1-6H,7-9H2;/q-1;. The molecule has 0 fully saturated rings. The van der Waals surface area contributed by atoms with Gasteiger partial charge in [-0.15, -0.1) is 0 Å². The summed E-state index contributed by atoms with van der Waals surface area (Å²) in [5.74, 6) is 0.00597. The minimum absolute atomic E-state index is 0.00597. The van der Waals surface area contributed by atoms with Gasteiger partial charge in [0, 0.05) is 0 Å². The van der Waals surface area contributed by atoms with E-state index < -0.39 is 0 Å². The Morgan fingerprint density at radius 1 is 1.59 bits per heavy atom. The molecule has 5 heteroatoms. The number of nitrogens with zero attached hydrogens (tertiary/aromatic N) is 3. The second-order valence-electron chi connectivity index (χ2n) is 3.75. The second kappa shape index (κ2) is 5.30. The van der Waals surface area contributed by atoms with E-state index in [1.165, 1.54) is 10.6 Å². The van der Waals surface area contributed by atoms with Gasteiger partial charge in [-0.3, -0.25) is 0 Å². The molecule has 1 aromatic carbocycles. The molecule has 0 unspecified atom stereocenters. The number of fused-ring (bicyclic) bond motifs is 1. The van der Waals surface area contributed by atoms with Gasteiger partial charge >= 0.3 is 109 Å². The molecule has 0 aliphatic carbocycles. The summed E-state index contributed by atoms with van der Waals surface area (Å²) in [6.07, 6.45) is 0.910. The van der Waals surface area contributed by atoms with E-state index in [1.54, 1.807) is 9.75 Å². The molecule has 0 aromatic heterocycles. The first-order chi connectivity index (χ1) is 8.26. The van der Waals surface area contributed by atoms with Gasteiger partial charge in [0.05, 0.1) is 0 Å². The zero-order valence-corrected chi connectivity index (χ0v) is 10.7. The Hall–Kier alpha value is -1.39.